The lowest BCUT2D eigenvalue weighted by molar-refractivity contribution is -0.885. The smallest absolute Gasteiger partial charge is 0.279 e. The van der Waals surface area contributed by atoms with Gasteiger partial charge in [0.15, 0.2) is 30.0 Å². The Labute approximate surface area is 155 Å². The Morgan fingerprint density at radius 1 is 1.04 bits per heavy atom. The molecule has 0 spiro atoms. The number of carbonyl (C=O) groups is 2. The second-order valence-corrected chi connectivity index (χ2v) is 6.22. The van der Waals surface area contributed by atoms with Crippen LogP contribution in [-0.4, -0.2) is 31.4 Å². The third kappa shape index (κ3) is 5.55. The molecule has 0 aliphatic carbocycles. The summed E-state index contributed by atoms with van der Waals surface area (Å²) in [6.07, 6.45) is 0. The Hall–Kier alpha value is -2.87. The zero-order valence-electron chi connectivity index (χ0n) is 15.0. The highest BCUT2D eigenvalue weighted by molar-refractivity contribution is 5.91. The average Bonchev–Trinajstić information content (AvgIpc) is 2.66. The van der Waals surface area contributed by atoms with E-state index < -0.39 is 35.1 Å². The number of carbonyl (C=O) groups excluding carboxylic acids is 2. The molecule has 0 aliphatic heterocycles. The molecule has 144 valence electrons. The molecular formula is C19H21F3N3O2+. The Morgan fingerprint density at radius 2 is 1.70 bits per heavy atom. The van der Waals surface area contributed by atoms with Crippen LogP contribution in [0, 0.1) is 17.5 Å². The van der Waals surface area contributed by atoms with Crippen molar-refractivity contribution in [1.82, 2.24) is 5.32 Å². The maximum absolute atomic E-state index is 13.6. The average molecular weight is 380 g/mol. The van der Waals surface area contributed by atoms with Crippen LogP contribution in [-0.2, 0) is 16.1 Å². The second-order valence-electron chi connectivity index (χ2n) is 6.22. The SMILES string of the molecule is C[C@H](C(=O)NCc1ccccc1)[NH+](C)CC(=O)Nc1ccc(F)c(F)c1F. The van der Waals surface area contributed by atoms with Gasteiger partial charge in [-0.05, 0) is 24.6 Å². The molecule has 2 aromatic carbocycles. The molecule has 8 heteroatoms. The van der Waals surface area contributed by atoms with Crippen LogP contribution in [0.4, 0.5) is 18.9 Å². The normalized spacial score (nSPS) is 12.9. The summed E-state index contributed by atoms with van der Waals surface area (Å²) in [4.78, 5) is 24.8. The monoisotopic (exact) mass is 380 g/mol. The fourth-order valence-electron chi connectivity index (χ4n) is 2.39. The summed E-state index contributed by atoms with van der Waals surface area (Å²) in [5.41, 5.74) is 0.495. The van der Waals surface area contributed by atoms with Crippen LogP contribution in [0.1, 0.15) is 12.5 Å². The van der Waals surface area contributed by atoms with Crippen LogP contribution in [0.3, 0.4) is 0 Å². The fourth-order valence-corrected chi connectivity index (χ4v) is 2.39. The third-order valence-electron chi connectivity index (χ3n) is 4.19. The van der Waals surface area contributed by atoms with Gasteiger partial charge in [-0.2, -0.15) is 0 Å². The van der Waals surface area contributed by atoms with Gasteiger partial charge >= 0.3 is 0 Å². The van der Waals surface area contributed by atoms with Gasteiger partial charge in [0.05, 0.1) is 12.7 Å². The van der Waals surface area contributed by atoms with E-state index in [1.165, 1.54) is 0 Å². The Bertz CT molecular complexity index is 815. The molecule has 3 N–H and O–H groups in total. The molecule has 0 aromatic heterocycles. The second kappa shape index (κ2) is 9.18. The van der Waals surface area contributed by atoms with E-state index in [9.17, 15) is 22.8 Å². The molecule has 2 aromatic rings. The van der Waals surface area contributed by atoms with Gasteiger partial charge in [-0.1, -0.05) is 30.3 Å². The number of rotatable bonds is 7. The Balaban J connectivity index is 1.87. The molecule has 2 rings (SSSR count). The van der Waals surface area contributed by atoms with Crippen molar-refractivity contribution >= 4 is 17.5 Å². The van der Waals surface area contributed by atoms with E-state index in [1.807, 2.05) is 30.3 Å². The van der Waals surface area contributed by atoms with Crippen LogP contribution < -0.4 is 15.5 Å². The van der Waals surface area contributed by atoms with Crippen molar-refractivity contribution in [2.75, 3.05) is 18.9 Å². The molecule has 1 unspecified atom stereocenters. The summed E-state index contributed by atoms with van der Waals surface area (Å²) in [5, 5.41) is 4.97. The summed E-state index contributed by atoms with van der Waals surface area (Å²) in [7, 11) is 1.63. The fraction of sp³-hybridized carbons (Fsp3) is 0.263. The molecule has 0 fully saturated rings. The number of quaternary nitrogens is 1. The zero-order chi connectivity index (χ0) is 20.0. The summed E-state index contributed by atoms with van der Waals surface area (Å²) >= 11 is 0. The minimum absolute atomic E-state index is 0.154. The van der Waals surface area contributed by atoms with Gasteiger partial charge in [0.2, 0.25) is 0 Å². The van der Waals surface area contributed by atoms with Gasteiger partial charge in [-0.3, -0.25) is 9.59 Å². The van der Waals surface area contributed by atoms with E-state index in [0.717, 1.165) is 17.7 Å². The highest BCUT2D eigenvalue weighted by Gasteiger charge is 2.24. The van der Waals surface area contributed by atoms with Crippen molar-refractivity contribution < 1.29 is 27.7 Å². The molecule has 0 heterocycles. The first-order valence-corrected chi connectivity index (χ1v) is 8.37. The van der Waals surface area contributed by atoms with Crippen LogP contribution in [0.25, 0.3) is 0 Å². The zero-order valence-corrected chi connectivity index (χ0v) is 15.0. The van der Waals surface area contributed by atoms with Gasteiger partial charge in [0.25, 0.3) is 11.8 Å². The molecular weight excluding hydrogens is 359 g/mol. The highest BCUT2D eigenvalue weighted by Crippen LogP contribution is 2.19. The maximum Gasteiger partial charge on any atom is 0.279 e. The first-order chi connectivity index (χ1) is 12.8. The summed E-state index contributed by atoms with van der Waals surface area (Å²) in [5.74, 6) is -5.32. The van der Waals surface area contributed by atoms with E-state index in [0.29, 0.717) is 11.4 Å². The van der Waals surface area contributed by atoms with E-state index in [1.54, 1.807) is 14.0 Å². The number of hydrogen-bond donors (Lipinski definition) is 3. The first kappa shape index (κ1) is 20.4. The van der Waals surface area contributed by atoms with Crippen molar-refractivity contribution in [3.63, 3.8) is 0 Å². The first-order valence-electron chi connectivity index (χ1n) is 8.37. The standard InChI is InChI=1S/C19H20F3N3O2/c1-12(19(27)23-10-13-6-4-3-5-7-13)25(2)11-16(26)24-15-9-8-14(20)17(21)18(15)22/h3-9,12H,10-11H2,1-2H3,(H,23,27)(H,24,26)/p+1/t12-/m1/s1. The minimum Gasteiger partial charge on any atom is -0.347 e. The maximum atomic E-state index is 13.6. The van der Waals surface area contributed by atoms with Crippen molar-refractivity contribution in [3.8, 4) is 0 Å². The number of likely N-dealkylation sites (N-methyl/N-ethyl adjacent to an activating group) is 1. The summed E-state index contributed by atoms with van der Waals surface area (Å²) in [6, 6.07) is 10.5. The van der Waals surface area contributed by atoms with Gasteiger partial charge in [0, 0.05) is 6.54 Å². The quantitative estimate of drug-likeness (QED) is 0.634. The number of hydrogen-bond acceptors (Lipinski definition) is 2. The van der Waals surface area contributed by atoms with Crippen molar-refractivity contribution in [2.24, 2.45) is 0 Å². The van der Waals surface area contributed by atoms with Gasteiger partial charge in [-0.15, -0.1) is 0 Å². The van der Waals surface area contributed by atoms with Crippen molar-refractivity contribution in [3.05, 3.63) is 65.5 Å². The van der Waals surface area contributed by atoms with Crippen LogP contribution in [0.2, 0.25) is 0 Å². The van der Waals surface area contributed by atoms with Crippen molar-refractivity contribution in [1.29, 1.82) is 0 Å². The van der Waals surface area contributed by atoms with Crippen molar-refractivity contribution in [2.45, 2.75) is 19.5 Å². The van der Waals surface area contributed by atoms with Gasteiger partial charge in [-0.25, -0.2) is 13.2 Å². The molecule has 2 atom stereocenters. The van der Waals surface area contributed by atoms with Crippen LogP contribution in [0.15, 0.2) is 42.5 Å². The highest BCUT2D eigenvalue weighted by atomic mass is 19.2. The molecule has 0 radical (unpaired) electrons. The lowest BCUT2D eigenvalue weighted by Gasteiger charge is -2.20. The lowest BCUT2D eigenvalue weighted by atomic mass is 10.2. The predicted octanol–water partition coefficient (Wildman–Crippen LogP) is 1.26. The number of benzene rings is 2. The largest absolute Gasteiger partial charge is 0.347 e. The Morgan fingerprint density at radius 3 is 2.37 bits per heavy atom. The molecule has 0 saturated heterocycles. The van der Waals surface area contributed by atoms with E-state index >= 15 is 0 Å². The van der Waals surface area contributed by atoms with E-state index in [2.05, 4.69) is 10.6 Å². The summed E-state index contributed by atoms with van der Waals surface area (Å²) in [6.45, 7) is 1.86. The molecule has 0 saturated carbocycles. The lowest BCUT2D eigenvalue weighted by Crippen LogP contribution is -3.15. The summed E-state index contributed by atoms with van der Waals surface area (Å²) < 4.78 is 39.7. The third-order valence-corrected chi connectivity index (χ3v) is 4.19. The number of nitrogens with one attached hydrogen (secondary N) is 3. The van der Waals surface area contributed by atoms with Gasteiger partial charge in [0.1, 0.15) is 0 Å². The Kier molecular flexibility index (Phi) is 6.95. The number of halogens is 3. The number of amides is 2. The molecule has 5 nitrogen and oxygen atoms in total. The van der Waals surface area contributed by atoms with E-state index in [-0.39, 0.29) is 12.5 Å². The molecule has 0 bridgehead atoms. The molecule has 0 aliphatic rings. The minimum atomic E-state index is -1.65. The molecule has 27 heavy (non-hydrogen) atoms. The van der Waals surface area contributed by atoms with Crippen LogP contribution >= 0.6 is 0 Å². The van der Waals surface area contributed by atoms with Gasteiger partial charge < -0.3 is 15.5 Å². The number of anilines is 1. The molecule has 2 amide bonds. The van der Waals surface area contributed by atoms with E-state index in [4.69, 9.17) is 0 Å². The predicted molar refractivity (Wildman–Crippen MR) is 94.5 cm³/mol. The van der Waals surface area contributed by atoms with Crippen LogP contribution in [0.5, 0.6) is 0 Å². The topological polar surface area (TPSA) is 62.6 Å².